The Kier molecular flexibility index (Phi) is 5.53. The Bertz CT molecular complexity index is 938. The number of piperazine rings is 1. The predicted octanol–water partition coefficient (Wildman–Crippen LogP) is 3.54. The van der Waals surface area contributed by atoms with Crippen molar-refractivity contribution in [2.45, 2.75) is 6.54 Å². The summed E-state index contributed by atoms with van der Waals surface area (Å²) >= 11 is 1.48. The highest BCUT2D eigenvalue weighted by molar-refractivity contribution is 7.13. The average molecular weight is 396 g/mol. The van der Waals surface area contributed by atoms with E-state index in [0.717, 1.165) is 36.9 Å². The van der Waals surface area contributed by atoms with Crippen molar-refractivity contribution >= 4 is 28.1 Å². The molecule has 1 N–H and O–H groups in total. The van der Waals surface area contributed by atoms with E-state index in [0.29, 0.717) is 5.69 Å². The quantitative estimate of drug-likeness (QED) is 0.717. The van der Waals surface area contributed by atoms with Crippen LogP contribution in [0, 0.1) is 5.82 Å². The summed E-state index contributed by atoms with van der Waals surface area (Å²) in [6.45, 7) is 3.86. The molecule has 0 aliphatic carbocycles. The number of aromatic nitrogens is 1. The number of anilines is 2. The minimum Gasteiger partial charge on any atom is -0.368 e. The standard InChI is InChI=1S/C21H21FN4OS/c22-17-6-4-5-16(13-17)14-23-20(27)19-15-28-21(24-19)26-11-9-25(10-12-26)18-7-2-1-3-8-18/h1-8,13,15H,9-12,14H2,(H,23,27). The third-order valence-electron chi connectivity index (χ3n) is 4.74. The molecule has 2 aromatic carbocycles. The smallest absolute Gasteiger partial charge is 0.271 e. The number of nitrogens with one attached hydrogen (secondary N) is 1. The molecule has 1 aliphatic rings. The van der Waals surface area contributed by atoms with Crippen molar-refractivity contribution in [2.24, 2.45) is 0 Å². The zero-order valence-corrected chi connectivity index (χ0v) is 16.2. The molecule has 0 saturated carbocycles. The zero-order valence-electron chi connectivity index (χ0n) is 15.3. The molecule has 1 saturated heterocycles. The summed E-state index contributed by atoms with van der Waals surface area (Å²) in [7, 11) is 0. The Hall–Kier alpha value is -2.93. The predicted molar refractivity (Wildman–Crippen MR) is 111 cm³/mol. The van der Waals surface area contributed by atoms with E-state index in [-0.39, 0.29) is 18.3 Å². The van der Waals surface area contributed by atoms with E-state index < -0.39 is 0 Å². The molecule has 3 aromatic rings. The van der Waals surface area contributed by atoms with Crippen molar-refractivity contribution in [3.05, 3.63) is 77.1 Å². The Morgan fingerprint density at radius 2 is 1.79 bits per heavy atom. The highest BCUT2D eigenvalue weighted by Crippen LogP contribution is 2.24. The van der Waals surface area contributed by atoms with Crippen molar-refractivity contribution in [1.82, 2.24) is 10.3 Å². The van der Waals surface area contributed by atoms with Crippen LogP contribution in [-0.4, -0.2) is 37.1 Å². The first-order chi connectivity index (χ1) is 13.7. The van der Waals surface area contributed by atoms with Gasteiger partial charge < -0.3 is 15.1 Å². The lowest BCUT2D eigenvalue weighted by Crippen LogP contribution is -2.46. The fourth-order valence-corrected chi connectivity index (χ4v) is 4.09. The molecule has 7 heteroatoms. The number of carbonyl (C=O) groups excluding carboxylic acids is 1. The van der Waals surface area contributed by atoms with Gasteiger partial charge in [-0.2, -0.15) is 0 Å². The number of hydrogen-bond acceptors (Lipinski definition) is 5. The van der Waals surface area contributed by atoms with Crippen molar-refractivity contribution in [2.75, 3.05) is 36.0 Å². The van der Waals surface area contributed by atoms with Crippen LogP contribution in [0.3, 0.4) is 0 Å². The molecule has 144 valence electrons. The maximum atomic E-state index is 13.2. The van der Waals surface area contributed by atoms with Crippen LogP contribution in [0.5, 0.6) is 0 Å². The molecule has 1 amide bonds. The van der Waals surface area contributed by atoms with Gasteiger partial charge in [0.25, 0.3) is 5.91 Å². The molecular weight excluding hydrogens is 375 g/mol. The van der Waals surface area contributed by atoms with Crippen LogP contribution in [0.4, 0.5) is 15.2 Å². The molecule has 1 aromatic heterocycles. The molecule has 5 nitrogen and oxygen atoms in total. The number of halogens is 1. The maximum Gasteiger partial charge on any atom is 0.271 e. The summed E-state index contributed by atoms with van der Waals surface area (Å²) in [5.74, 6) is -0.549. The van der Waals surface area contributed by atoms with Crippen molar-refractivity contribution in [3.8, 4) is 0 Å². The number of carbonyl (C=O) groups is 1. The first-order valence-electron chi connectivity index (χ1n) is 9.22. The molecule has 2 heterocycles. The minimum atomic E-state index is -0.308. The Morgan fingerprint density at radius 3 is 2.54 bits per heavy atom. The Balaban J connectivity index is 1.32. The SMILES string of the molecule is O=C(NCc1cccc(F)c1)c1csc(N2CCN(c3ccccc3)CC2)n1. The number of rotatable bonds is 5. The summed E-state index contributed by atoms with van der Waals surface area (Å²) in [5, 5.41) is 5.44. The summed E-state index contributed by atoms with van der Waals surface area (Å²) < 4.78 is 13.2. The third-order valence-corrected chi connectivity index (χ3v) is 5.64. The minimum absolute atomic E-state index is 0.241. The van der Waals surface area contributed by atoms with Crippen LogP contribution in [-0.2, 0) is 6.54 Å². The number of amides is 1. The number of para-hydroxylation sites is 1. The molecule has 0 bridgehead atoms. The number of benzene rings is 2. The van der Waals surface area contributed by atoms with Gasteiger partial charge in [0.15, 0.2) is 5.13 Å². The second-order valence-electron chi connectivity index (χ2n) is 6.64. The first kappa shape index (κ1) is 18.4. The lowest BCUT2D eigenvalue weighted by molar-refractivity contribution is 0.0946. The summed E-state index contributed by atoms with van der Waals surface area (Å²) in [6.07, 6.45) is 0. The second kappa shape index (κ2) is 8.39. The van der Waals surface area contributed by atoms with Gasteiger partial charge in [0.05, 0.1) is 0 Å². The number of thiazole rings is 1. The van der Waals surface area contributed by atoms with Gasteiger partial charge in [0.1, 0.15) is 11.5 Å². The van der Waals surface area contributed by atoms with E-state index in [9.17, 15) is 9.18 Å². The second-order valence-corrected chi connectivity index (χ2v) is 7.47. The fourth-order valence-electron chi connectivity index (χ4n) is 3.23. The molecule has 1 fully saturated rings. The Labute approximate surface area is 167 Å². The molecule has 0 atom stereocenters. The van der Waals surface area contributed by atoms with Gasteiger partial charge in [-0.15, -0.1) is 11.3 Å². The zero-order chi connectivity index (χ0) is 19.3. The van der Waals surface area contributed by atoms with Crippen LogP contribution in [0.1, 0.15) is 16.1 Å². The fraction of sp³-hybridized carbons (Fsp3) is 0.238. The number of nitrogens with zero attached hydrogens (tertiary/aromatic N) is 3. The van der Waals surface area contributed by atoms with E-state index in [4.69, 9.17) is 0 Å². The van der Waals surface area contributed by atoms with Gasteiger partial charge in [-0.05, 0) is 29.8 Å². The molecule has 1 aliphatic heterocycles. The lowest BCUT2D eigenvalue weighted by Gasteiger charge is -2.35. The van der Waals surface area contributed by atoms with E-state index in [2.05, 4.69) is 44.4 Å². The van der Waals surface area contributed by atoms with Gasteiger partial charge in [-0.1, -0.05) is 30.3 Å². The Morgan fingerprint density at radius 1 is 1.04 bits per heavy atom. The van der Waals surface area contributed by atoms with E-state index >= 15 is 0 Å². The van der Waals surface area contributed by atoms with Crippen LogP contribution in [0.15, 0.2) is 60.0 Å². The van der Waals surface area contributed by atoms with E-state index in [1.54, 1.807) is 17.5 Å². The van der Waals surface area contributed by atoms with Crippen molar-refractivity contribution in [3.63, 3.8) is 0 Å². The monoisotopic (exact) mass is 396 g/mol. The molecule has 0 unspecified atom stereocenters. The van der Waals surface area contributed by atoms with Crippen molar-refractivity contribution < 1.29 is 9.18 Å². The maximum absolute atomic E-state index is 13.2. The molecule has 28 heavy (non-hydrogen) atoms. The van der Waals surface area contributed by atoms with Crippen molar-refractivity contribution in [1.29, 1.82) is 0 Å². The van der Waals surface area contributed by atoms with Crippen LogP contribution < -0.4 is 15.1 Å². The van der Waals surface area contributed by atoms with Crippen LogP contribution in [0.25, 0.3) is 0 Å². The van der Waals surface area contributed by atoms with E-state index in [1.807, 2.05) is 6.07 Å². The summed E-state index contributed by atoms with van der Waals surface area (Å²) in [5.41, 5.74) is 2.36. The molecule has 0 radical (unpaired) electrons. The summed E-state index contributed by atoms with van der Waals surface area (Å²) in [6, 6.07) is 16.6. The van der Waals surface area contributed by atoms with Gasteiger partial charge >= 0.3 is 0 Å². The average Bonchev–Trinajstić information content (AvgIpc) is 3.23. The van der Waals surface area contributed by atoms with Crippen LogP contribution in [0.2, 0.25) is 0 Å². The molecule has 4 rings (SSSR count). The normalized spacial score (nSPS) is 14.2. The van der Waals surface area contributed by atoms with E-state index in [1.165, 1.54) is 29.2 Å². The first-order valence-corrected chi connectivity index (χ1v) is 10.1. The largest absolute Gasteiger partial charge is 0.368 e. The molecule has 0 spiro atoms. The van der Waals surface area contributed by atoms with Gasteiger partial charge in [0.2, 0.25) is 0 Å². The van der Waals surface area contributed by atoms with Crippen LogP contribution >= 0.6 is 11.3 Å². The number of hydrogen-bond donors (Lipinski definition) is 1. The highest BCUT2D eigenvalue weighted by atomic mass is 32.1. The highest BCUT2D eigenvalue weighted by Gasteiger charge is 2.21. The third kappa shape index (κ3) is 4.31. The van der Waals surface area contributed by atoms with Gasteiger partial charge in [0, 0.05) is 43.8 Å². The van der Waals surface area contributed by atoms with Gasteiger partial charge in [-0.3, -0.25) is 4.79 Å². The van der Waals surface area contributed by atoms with Gasteiger partial charge in [-0.25, -0.2) is 9.37 Å². The summed E-state index contributed by atoms with van der Waals surface area (Å²) in [4.78, 5) is 21.4. The molecular formula is C21H21FN4OS. The topological polar surface area (TPSA) is 48.5 Å². The lowest BCUT2D eigenvalue weighted by atomic mass is 10.2.